The molecule has 2 amide bonds. The lowest BCUT2D eigenvalue weighted by molar-refractivity contribution is -0.134. The Hall–Kier alpha value is -1.79. The molecule has 28 heavy (non-hydrogen) atoms. The number of carbonyl (C=O) groups excluding carboxylic acids is 2. The van der Waals surface area contributed by atoms with Crippen LogP contribution < -0.4 is 10.1 Å². The number of likely N-dealkylation sites (N-methyl/N-ethyl adjacent to an activating group) is 1. The van der Waals surface area contributed by atoms with E-state index in [0.29, 0.717) is 11.3 Å². The Morgan fingerprint density at radius 2 is 1.82 bits per heavy atom. The second kappa shape index (κ2) is 10.1. The molecule has 2 saturated heterocycles. The number of rotatable bonds is 5. The van der Waals surface area contributed by atoms with Crippen LogP contribution >= 0.6 is 12.4 Å². The van der Waals surface area contributed by atoms with Gasteiger partial charge in [-0.1, -0.05) is 0 Å². The summed E-state index contributed by atoms with van der Waals surface area (Å²) in [6.45, 7) is 7.38. The van der Waals surface area contributed by atoms with Gasteiger partial charge in [0.05, 0.1) is 0 Å². The summed E-state index contributed by atoms with van der Waals surface area (Å²) in [6, 6.07) is 3.99. The molecule has 1 unspecified atom stereocenters. The number of carbonyl (C=O) groups is 2. The van der Waals surface area contributed by atoms with Gasteiger partial charge in [0.2, 0.25) is 0 Å². The van der Waals surface area contributed by atoms with Crippen LogP contribution in [-0.4, -0.2) is 67.5 Å². The third-order valence-corrected chi connectivity index (χ3v) is 5.66. The van der Waals surface area contributed by atoms with Crippen molar-refractivity contribution in [2.24, 2.45) is 0 Å². The highest BCUT2D eigenvalue weighted by molar-refractivity contribution is 5.95. The van der Waals surface area contributed by atoms with Crippen LogP contribution in [0.15, 0.2) is 12.1 Å². The van der Waals surface area contributed by atoms with Crippen LogP contribution in [0.3, 0.4) is 0 Å². The Balaban J connectivity index is 0.00000280. The van der Waals surface area contributed by atoms with E-state index in [4.69, 9.17) is 4.74 Å². The number of aryl methyl sites for hydroxylation is 2. The predicted octanol–water partition coefficient (Wildman–Crippen LogP) is 2.55. The average molecular weight is 410 g/mol. The zero-order valence-electron chi connectivity index (χ0n) is 17.1. The smallest absolute Gasteiger partial charge is 0.260 e. The van der Waals surface area contributed by atoms with E-state index < -0.39 is 0 Å². The normalized spacial score (nSPS) is 19.1. The van der Waals surface area contributed by atoms with Crippen LogP contribution in [-0.2, 0) is 4.79 Å². The maximum absolute atomic E-state index is 12.8. The first-order valence-electron chi connectivity index (χ1n) is 9.97. The van der Waals surface area contributed by atoms with Crippen molar-refractivity contribution in [2.45, 2.75) is 45.6 Å². The van der Waals surface area contributed by atoms with Crippen molar-refractivity contribution in [3.8, 4) is 5.75 Å². The Morgan fingerprint density at radius 1 is 1.18 bits per heavy atom. The van der Waals surface area contributed by atoms with Gasteiger partial charge in [-0.05, 0) is 69.3 Å². The van der Waals surface area contributed by atoms with E-state index in [0.717, 1.165) is 56.6 Å². The summed E-state index contributed by atoms with van der Waals surface area (Å²) in [7, 11) is 1.87. The number of likely N-dealkylation sites (tertiary alicyclic amines) is 1. The number of halogens is 1. The fourth-order valence-corrected chi connectivity index (χ4v) is 4.01. The van der Waals surface area contributed by atoms with Gasteiger partial charge in [-0.2, -0.15) is 0 Å². The standard InChI is InChI=1S/C21H31N3O3.ClH/c1-15-11-17(21(26)23(3)18-7-8-22-13-18)12-16(2)20(15)27-14-19(25)24-9-5-4-6-10-24;/h11-12,18,22H,4-10,13-14H2,1-3H3;1H. The Kier molecular flexibility index (Phi) is 8.13. The fourth-order valence-electron chi connectivity index (χ4n) is 4.01. The van der Waals surface area contributed by atoms with Crippen molar-refractivity contribution in [2.75, 3.05) is 39.8 Å². The number of nitrogens with one attached hydrogen (secondary N) is 1. The number of amides is 2. The van der Waals surface area contributed by atoms with Gasteiger partial charge in [0.1, 0.15) is 5.75 Å². The first kappa shape index (κ1) is 22.5. The van der Waals surface area contributed by atoms with Crippen LogP contribution in [0.2, 0.25) is 0 Å². The fraction of sp³-hybridized carbons (Fsp3) is 0.619. The van der Waals surface area contributed by atoms with Crippen molar-refractivity contribution in [3.05, 3.63) is 28.8 Å². The van der Waals surface area contributed by atoms with Crippen LogP contribution in [0.4, 0.5) is 0 Å². The van der Waals surface area contributed by atoms with Gasteiger partial charge in [0, 0.05) is 38.3 Å². The number of nitrogens with zero attached hydrogens (tertiary/aromatic N) is 2. The molecule has 0 aliphatic carbocycles. The minimum absolute atomic E-state index is 0. The summed E-state index contributed by atoms with van der Waals surface area (Å²) in [5, 5.41) is 3.30. The zero-order chi connectivity index (χ0) is 19.4. The molecule has 7 heteroatoms. The van der Waals surface area contributed by atoms with Crippen molar-refractivity contribution in [1.29, 1.82) is 0 Å². The monoisotopic (exact) mass is 409 g/mol. The highest BCUT2D eigenvalue weighted by atomic mass is 35.5. The Morgan fingerprint density at radius 3 is 2.39 bits per heavy atom. The van der Waals surface area contributed by atoms with Gasteiger partial charge in [0.15, 0.2) is 6.61 Å². The predicted molar refractivity (Wildman–Crippen MR) is 112 cm³/mol. The summed E-state index contributed by atoms with van der Waals surface area (Å²) in [5.74, 6) is 0.787. The van der Waals surface area contributed by atoms with E-state index in [2.05, 4.69) is 5.32 Å². The minimum Gasteiger partial charge on any atom is -0.483 e. The van der Waals surface area contributed by atoms with Gasteiger partial charge in [0.25, 0.3) is 11.8 Å². The number of benzene rings is 1. The zero-order valence-corrected chi connectivity index (χ0v) is 17.9. The van der Waals surface area contributed by atoms with E-state index in [1.165, 1.54) is 6.42 Å². The molecule has 0 spiro atoms. The molecule has 2 fully saturated rings. The molecule has 1 aromatic rings. The van der Waals surface area contributed by atoms with Crippen molar-refractivity contribution >= 4 is 24.2 Å². The van der Waals surface area contributed by atoms with E-state index in [-0.39, 0.29) is 36.9 Å². The van der Waals surface area contributed by atoms with Crippen molar-refractivity contribution < 1.29 is 14.3 Å². The summed E-state index contributed by atoms with van der Waals surface area (Å²) in [5.41, 5.74) is 2.46. The summed E-state index contributed by atoms with van der Waals surface area (Å²) in [6.07, 6.45) is 4.33. The molecule has 0 saturated carbocycles. The SMILES string of the molecule is Cc1cc(C(=O)N(C)C2CCNC2)cc(C)c1OCC(=O)N1CCCCC1.Cl. The maximum Gasteiger partial charge on any atom is 0.260 e. The molecule has 1 N–H and O–H groups in total. The Bertz CT molecular complexity index is 675. The van der Waals surface area contributed by atoms with E-state index in [1.54, 1.807) is 0 Å². The van der Waals surface area contributed by atoms with Crippen molar-refractivity contribution in [3.63, 3.8) is 0 Å². The third kappa shape index (κ3) is 5.17. The van der Waals surface area contributed by atoms with Gasteiger partial charge in [-0.25, -0.2) is 0 Å². The van der Waals surface area contributed by atoms with Crippen LogP contribution in [0.1, 0.15) is 47.2 Å². The molecule has 1 atom stereocenters. The molecule has 156 valence electrons. The molecule has 0 aromatic heterocycles. The van der Waals surface area contributed by atoms with E-state index in [9.17, 15) is 9.59 Å². The molecule has 2 aliphatic heterocycles. The summed E-state index contributed by atoms with van der Waals surface area (Å²) in [4.78, 5) is 28.9. The van der Waals surface area contributed by atoms with Gasteiger partial charge in [-0.3, -0.25) is 9.59 Å². The van der Waals surface area contributed by atoms with Gasteiger partial charge < -0.3 is 19.9 Å². The highest BCUT2D eigenvalue weighted by Gasteiger charge is 2.25. The van der Waals surface area contributed by atoms with Crippen LogP contribution in [0, 0.1) is 13.8 Å². The number of hydrogen-bond donors (Lipinski definition) is 1. The largest absolute Gasteiger partial charge is 0.483 e. The first-order chi connectivity index (χ1) is 13.0. The molecule has 0 radical (unpaired) electrons. The lowest BCUT2D eigenvalue weighted by Gasteiger charge is -2.27. The molecule has 0 bridgehead atoms. The maximum atomic E-state index is 12.8. The third-order valence-electron chi connectivity index (χ3n) is 5.66. The first-order valence-corrected chi connectivity index (χ1v) is 9.97. The van der Waals surface area contributed by atoms with Crippen LogP contribution in [0.25, 0.3) is 0 Å². The second-order valence-electron chi connectivity index (χ2n) is 7.73. The topological polar surface area (TPSA) is 61.9 Å². The summed E-state index contributed by atoms with van der Waals surface area (Å²) < 4.78 is 5.85. The summed E-state index contributed by atoms with van der Waals surface area (Å²) >= 11 is 0. The molecule has 6 nitrogen and oxygen atoms in total. The molecule has 1 aromatic carbocycles. The molecule has 3 rings (SSSR count). The molecule has 2 aliphatic rings. The number of hydrogen-bond acceptors (Lipinski definition) is 4. The van der Waals surface area contributed by atoms with Gasteiger partial charge >= 0.3 is 0 Å². The highest BCUT2D eigenvalue weighted by Crippen LogP contribution is 2.26. The Labute approximate surface area is 174 Å². The number of piperidine rings is 1. The number of ether oxygens (including phenoxy) is 1. The van der Waals surface area contributed by atoms with Crippen LogP contribution in [0.5, 0.6) is 5.75 Å². The van der Waals surface area contributed by atoms with Crippen molar-refractivity contribution in [1.82, 2.24) is 15.1 Å². The quantitative estimate of drug-likeness (QED) is 0.811. The molecule has 2 heterocycles. The second-order valence-corrected chi connectivity index (χ2v) is 7.73. The van der Waals surface area contributed by atoms with Gasteiger partial charge in [-0.15, -0.1) is 12.4 Å². The van der Waals surface area contributed by atoms with E-state index >= 15 is 0 Å². The minimum atomic E-state index is 0. The lowest BCUT2D eigenvalue weighted by Crippen LogP contribution is -2.39. The molecular formula is C21H32ClN3O3. The molecular weight excluding hydrogens is 378 g/mol. The van der Waals surface area contributed by atoms with E-state index in [1.807, 2.05) is 42.8 Å². The lowest BCUT2D eigenvalue weighted by atomic mass is 10.0. The average Bonchev–Trinajstić information content (AvgIpc) is 3.21.